The molecule has 1 aliphatic rings. The number of hydrogen-bond donors (Lipinski definition) is 0. The molecule has 0 radical (unpaired) electrons. The minimum atomic E-state index is -3.13. The summed E-state index contributed by atoms with van der Waals surface area (Å²) in [6.07, 6.45) is 3.19. The average molecular weight is 295 g/mol. The monoisotopic (exact) mass is 295 g/mol. The van der Waals surface area contributed by atoms with Crippen LogP contribution >= 0.6 is 0 Å². The molecule has 2 aromatic heterocycles. The second-order valence-electron chi connectivity index (χ2n) is 4.44. The third-order valence-electron chi connectivity index (χ3n) is 3.16. The Balaban J connectivity index is 1.71. The van der Waals surface area contributed by atoms with Gasteiger partial charge >= 0.3 is 0 Å². The summed E-state index contributed by atoms with van der Waals surface area (Å²) in [5.74, 6) is 1.18. The Morgan fingerprint density at radius 3 is 2.65 bits per heavy atom. The molecule has 8 nitrogen and oxygen atoms in total. The lowest BCUT2D eigenvalue weighted by atomic mass is 10.0. The summed E-state index contributed by atoms with van der Waals surface area (Å²) in [5, 5.41) is 3.82. The highest BCUT2D eigenvalue weighted by atomic mass is 32.2. The fraction of sp³-hybridized carbons (Fsp3) is 0.455. The molecule has 0 aromatic carbocycles. The summed E-state index contributed by atoms with van der Waals surface area (Å²) >= 11 is 0. The first-order valence-electron chi connectivity index (χ1n) is 6.19. The van der Waals surface area contributed by atoms with Gasteiger partial charge in [0.2, 0.25) is 27.6 Å². The quantitative estimate of drug-likeness (QED) is 0.798. The summed E-state index contributed by atoms with van der Waals surface area (Å²) in [4.78, 5) is 12.3. The molecule has 1 saturated heterocycles. The van der Waals surface area contributed by atoms with Crippen LogP contribution < -0.4 is 0 Å². The maximum absolute atomic E-state index is 11.6. The van der Waals surface area contributed by atoms with Crippen LogP contribution in [-0.2, 0) is 10.0 Å². The minimum Gasteiger partial charge on any atom is -0.338 e. The molecule has 0 saturated carbocycles. The molecule has 20 heavy (non-hydrogen) atoms. The van der Waals surface area contributed by atoms with Crippen LogP contribution in [0.15, 0.2) is 23.0 Å². The SMILES string of the molecule is CCS(=O)(=O)N1CC(c2nc(-c3ncccn3)no2)C1. The Hall–Kier alpha value is -1.87. The summed E-state index contributed by atoms with van der Waals surface area (Å²) in [5.41, 5.74) is 0. The average Bonchev–Trinajstić information content (AvgIpc) is 2.87. The van der Waals surface area contributed by atoms with Crippen LogP contribution in [0.4, 0.5) is 0 Å². The third kappa shape index (κ3) is 2.29. The molecule has 0 aliphatic carbocycles. The van der Waals surface area contributed by atoms with Crippen LogP contribution in [0.5, 0.6) is 0 Å². The molecule has 1 aliphatic heterocycles. The smallest absolute Gasteiger partial charge is 0.240 e. The number of aromatic nitrogens is 4. The van der Waals surface area contributed by atoms with Gasteiger partial charge in [0.25, 0.3) is 0 Å². The van der Waals surface area contributed by atoms with Crippen LogP contribution in [0, 0.1) is 0 Å². The van der Waals surface area contributed by atoms with Crippen molar-refractivity contribution >= 4 is 10.0 Å². The molecule has 106 valence electrons. The van der Waals surface area contributed by atoms with Gasteiger partial charge in [0, 0.05) is 25.5 Å². The standard InChI is InChI=1S/C11H13N5O3S/c1-2-20(17,18)16-6-8(7-16)11-14-10(15-19-11)9-12-4-3-5-13-9/h3-5,8H,2,6-7H2,1H3. The van der Waals surface area contributed by atoms with Crippen molar-refractivity contribution in [2.45, 2.75) is 12.8 Å². The van der Waals surface area contributed by atoms with Gasteiger partial charge in [-0.15, -0.1) is 0 Å². The highest BCUT2D eigenvalue weighted by Crippen LogP contribution is 2.29. The Labute approximate surface area is 115 Å². The van der Waals surface area contributed by atoms with Crippen molar-refractivity contribution < 1.29 is 12.9 Å². The first kappa shape index (κ1) is 13.1. The van der Waals surface area contributed by atoms with E-state index in [9.17, 15) is 8.42 Å². The van der Waals surface area contributed by atoms with E-state index in [2.05, 4.69) is 20.1 Å². The van der Waals surface area contributed by atoms with Crippen LogP contribution in [-0.4, -0.2) is 51.7 Å². The lowest BCUT2D eigenvalue weighted by molar-refractivity contribution is 0.217. The van der Waals surface area contributed by atoms with Gasteiger partial charge in [0.05, 0.1) is 11.7 Å². The van der Waals surface area contributed by atoms with Gasteiger partial charge in [0.1, 0.15) is 0 Å². The van der Waals surface area contributed by atoms with Crippen molar-refractivity contribution in [3.05, 3.63) is 24.4 Å². The van der Waals surface area contributed by atoms with Crippen LogP contribution in [0.25, 0.3) is 11.6 Å². The lowest BCUT2D eigenvalue weighted by Gasteiger charge is -2.35. The van der Waals surface area contributed by atoms with Crippen molar-refractivity contribution in [1.29, 1.82) is 0 Å². The zero-order chi connectivity index (χ0) is 14.2. The molecule has 0 atom stereocenters. The third-order valence-corrected chi connectivity index (χ3v) is 4.98. The van der Waals surface area contributed by atoms with Gasteiger partial charge < -0.3 is 4.52 Å². The van der Waals surface area contributed by atoms with Crippen LogP contribution in [0.3, 0.4) is 0 Å². The first-order valence-corrected chi connectivity index (χ1v) is 7.80. The predicted octanol–water partition coefficient (Wildman–Crippen LogP) is 0.276. The van der Waals surface area contributed by atoms with Crippen molar-refractivity contribution in [2.75, 3.05) is 18.8 Å². The molecule has 1 fully saturated rings. The fourth-order valence-corrected chi connectivity index (χ4v) is 3.09. The second-order valence-corrected chi connectivity index (χ2v) is 6.70. The highest BCUT2D eigenvalue weighted by molar-refractivity contribution is 7.89. The number of rotatable bonds is 4. The van der Waals surface area contributed by atoms with Crippen molar-refractivity contribution in [3.63, 3.8) is 0 Å². The van der Waals surface area contributed by atoms with Gasteiger partial charge in [-0.2, -0.15) is 4.98 Å². The zero-order valence-electron chi connectivity index (χ0n) is 10.8. The van der Waals surface area contributed by atoms with E-state index in [0.29, 0.717) is 30.6 Å². The molecule has 0 spiro atoms. The van der Waals surface area contributed by atoms with Gasteiger partial charge in [-0.1, -0.05) is 5.16 Å². The van der Waals surface area contributed by atoms with Crippen molar-refractivity contribution in [2.24, 2.45) is 0 Å². The van der Waals surface area contributed by atoms with Gasteiger partial charge in [-0.25, -0.2) is 22.7 Å². The summed E-state index contributed by atoms with van der Waals surface area (Å²) in [7, 11) is -3.13. The maximum Gasteiger partial charge on any atom is 0.240 e. The van der Waals surface area contributed by atoms with E-state index in [1.807, 2.05) is 0 Å². The largest absolute Gasteiger partial charge is 0.338 e. The van der Waals surface area contributed by atoms with Crippen LogP contribution in [0.2, 0.25) is 0 Å². The van der Waals surface area contributed by atoms with Gasteiger partial charge in [-0.3, -0.25) is 0 Å². The molecular formula is C11H13N5O3S. The Kier molecular flexibility index (Phi) is 3.22. The summed E-state index contributed by atoms with van der Waals surface area (Å²) in [6.45, 7) is 2.39. The van der Waals surface area contributed by atoms with E-state index in [1.165, 1.54) is 4.31 Å². The Bertz CT molecular complexity index is 694. The van der Waals surface area contributed by atoms with E-state index >= 15 is 0 Å². The molecule has 3 rings (SSSR count). The number of nitrogens with zero attached hydrogens (tertiary/aromatic N) is 5. The van der Waals surface area contributed by atoms with E-state index in [0.717, 1.165) is 0 Å². The van der Waals surface area contributed by atoms with Crippen molar-refractivity contribution in [3.8, 4) is 11.6 Å². The first-order chi connectivity index (χ1) is 9.60. The van der Waals surface area contributed by atoms with E-state index in [1.54, 1.807) is 25.4 Å². The van der Waals surface area contributed by atoms with Crippen molar-refractivity contribution in [1.82, 2.24) is 24.4 Å². The minimum absolute atomic E-state index is 0.0544. The Morgan fingerprint density at radius 1 is 1.30 bits per heavy atom. The molecular weight excluding hydrogens is 282 g/mol. The zero-order valence-corrected chi connectivity index (χ0v) is 11.6. The summed E-state index contributed by atoms with van der Waals surface area (Å²) < 4.78 is 29.8. The maximum atomic E-state index is 11.6. The normalized spacial score (nSPS) is 17.1. The molecule has 3 heterocycles. The molecule has 0 unspecified atom stereocenters. The predicted molar refractivity (Wildman–Crippen MR) is 69.1 cm³/mol. The fourth-order valence-electron chi connectivity index (χ4n) is 1.91. The lowest BCUT2D eigenvalue weighted by Crippen LogP contribution is -2.49. The molecule has 0 amide bonds. The van der Waals surface area contributed by atoms with E-state index in [-0.39, 0.29) is 11.7 Å². The molecule has 9 heteroatoms. The van der Waals surface area contributed by atoms with Gasteiger partial charge in [0.15, 0.2) is 0 Å². The number of sulfonamides is 1. The Morgan fingerprint density at radius 2 is 2.00 bits per heavy atom. The molecule has 2 aromatic rings. The van der Waals surface area contributed by atoms with Crippen LogP contribution in [0.1, 0.15) is 18.7 Å². The highest BCUT2D eigenvalue weighted by Gasteiger charge is 2.38. The molecule has 0 N–H and O–H groups in total. The summed E-state index contributed by atoms with van der Waals surface area (Å²) in [6, 6.07) is 1.70. The number of hydrogen-bond acceptors (Lipinski definition) is 7. The molecule has 0 bridgehead atoms. The topological polar surface area (TPSA) is 102 Å². The second kappa shape index (κ2) is 4.91. The van der Waals surface area contributed by atoms with E-state index < -0.39 is 10.0 Å². The van der Waals surface area contributed by atoms with Gasteiger partial charge in [-0.05, 0) is 13.0 Å². The van der Waals surface area contributed by atoms with E-state index in [4.69, 9.17) is 4.52 Å².